The van der Waals surface area contributed by atoms with Crippen molar-refractivity contribution in [1.29, 1.82) is 0 Å². The number of carboxylic acids is 1. The minimum Gasteiger partial charge on any atom is -0.513 e. The lowest BCUT2D eigenvalue weighted by atomic mass is 9.73. The number of rotatable bonds is 17. The van der Waals surface area contributed by atoms with Crippen molar-refractivity contribution in [1.82, 2.24) is 5.32 Å². The average Bonchev–Trinajstić information content (AvgIpc) is 3.87. The third-order valence-corrected chi connectivity index (χ3v) is 8.50. The van der Waals surface area contributed by atoms with Crippen LogP contribution in [0.4, 0.5) is 0 Å². The van der Waals surface area contributed by atoms with Gasteiger partial charge in [-0.1, -0.05) is 59.0 Å². The number of allylic oxidation sites excluding steroid dienone is 3. The molecule has 0 bridgehead atoms. The van der Waals surface area contributed by atoms with Gasteiger partial charge in [0, 0.05) is 31.1 Å². The van der Waals surface area contributed by atoms with Crippen LogP contribution in [0.1, 0.15) is 119 Å². The minimum absolute atomic E-state index is 0.0712. The van der Waals surface area contributed by atoms with E-state index in [9.17, 15) is 40.2 Å². The van der Waals surface area contributed by atoms with Gasteiger partial charge in [-0.15, -0.1) is 19.4 Å². The van der Waals surface area contributed by atoms with Crippen LogP contribution in [-0.4, -0.2) is 79.1 Å². The molecule has 1 saturated carbocycles. The van der Waals surface area contributed by atoms with Gasteiger partial charge >= 0.3 is 5.97 Å². The molecule has 2 unspecified atom stereocenters. The topological polar surface area (TPSA) is 177 Å². The van der Waals surface area contributed by atoms with E-state index in [0.717, 1.165) is 5.57 Å². The Morgan fingerprint density at radius 3 is 2.15 bits per heavy atom. The second kappa shape index (κ2) is 21.9. The Labute approximate surface area is 276 Å². The van der Waals surface area contributed by atoms with Crippen molar-refractivity contribution in [3.05, 3.63) is 35.3 Å². The lowest BCUT2D eigenvalue weighted by Gasteiger charge is -2.47. The first-order valence-electron chi connectivity index (χ1n) is 16.5. The molecule has 1 heterocycles. The molecule has 0 aromatic rings. The highest BCUT2D eigenvalue weighted by atomic mass is 16.5. The van der Waals surface area contributed by atoms with Crippen LogP contribution >= 0.6 is 0 Å². The molecule has 1 amide bonds. The summed E-state index contributed by atoms with van der Waals surface area (Å²) in [6, 6.07) is -0.476. The molecule has 10 nitrogen and oxygen atoms in total. The quantitative estimate of drug-likeness (QED) is 0.0439. The monoisotopic (exact) mass is 651 g/mol. The van der Waals surface area contributed by atoms with E-state index >= 15 is 0 Å². The molecule has 10 heteroatoms. The van der Waals surface area contributed by atoms with Crippen molar-refractivity contribution in [2.45, 2.75) is 155 Å². The first-order valence-corrected chi connectivity index (χ1v) is 16.5. The number of carbonyl (C=O) groups is 2. The highest BCUT2D eigenvalue weighted by Gasteiger charge is 2.46. The predicted molar refractivity (Wildman–Crippen MR) is 181 cm³/mol. The van der Waals surface area contributed by atoms with E-state index in [-0.39, 0.29) is 36.4 Å². The van der Waals surface area contributed by atoms with Gasteiger partial charge in [-0.25, -0.2) is 4.79 Å². The van der Waals surface area contributed by atoms with Gasteiger partial charge in [0.15, 0.2) is 0 Å². The molecule has 7 atom stereocenters. The zero-order valence-electron chi connectivity index (χ0n) is 28.9. The molecule has 1 aliphatic carbocycles. The van der Waals surface area contributed by atoms with Crippen molar-refractivity contribution in [2.24, 2.45) is 11.3 Å². The summed E-state index contributed by atoms with van der Waals surface area (Å²) in [6.07, 6.45) is 13.1. The Hall–Kier alpha value is -2.84. The fourth-order valence-electron chi connectivity index (χ4n) is 5.05. The maximum absolute atomic E-state index is 12.4. The Morgan fingerprint density at radius 1 is 1.07 bits per heavy atom. The second-order valence-corrected chi connectivity index (χ2v) is 13.2. The number of aliphatic hydroxyl groups is 5. The summed E-state index contributed by atoms with van der Waals surface area (Å²) in [5, 5.41) is 64.2. The van der Waals surface area contributed by atoms with E-state index in [1.807, 2.05) is 20.8 Å². The summed E-state index contributed by atoms with van der Waals surface area (Å²) in [7, 11) is 0. The third kappa shape index (κ3) is 16.1. The molecule has 46 heavy (non-hydrogen) atoms. The largest absolute Gasteiger partial charge is 0.513 e. The Bertz CT molecular complexity index is 1030. The van der Waals surface area contributed by atoms with Crippen molar-refractivity contribution < 1.29 is 45.0 Å². The van der Waals surface area contributed by atoms with E-state index in [1.54, 1.807) is 20.8 Å². The molecular formula is C36H61NO9. The van der Waals surface area contributed by atoms with Crippen LogP contribution in [-0.2, 0) is 14.3 Å². The van der Waals surface area contributed by atoms with Gasteiger partial charge in [0.2, 0.25) is 5.91 Å². The van der Waals surface area contributed by atoms with Gasteiger partial charge in [-0.2, -0.15) is 0 Å². The van der Waals surface area contributed by atoms with Crippen LogP contribution in [0.25, 0.3) is 0 Å². The lowest BCUT2D eigenvalue weighted by molar-refractivity contribution is -0.189. The number of aliphatic carboxylic acids is 1. The smallest absolute Gasteiger partial charge is 0.335 e. The second-order valence-electron chi connectivity index (χ2n) is 13.2. The Kier molecular flexibility index (Phi) is 20.5. The van der Waals surface area contributed by atoms with Crippen molar-refractivity contribution in [3.63, 3.8) is 0 Å². The maximum atomic E-state index is 12.4. The van der Waals surface area contributed by atoms with E-state index in [1.165, 1.54) is 25.3 Å². The number of nitrogens with one attached hydrogen (secondary N) is 1. The Balaban J connectivity index is 0.00000373. The molecule has 0 spiro atoms. The molecule has 2 rings (SSSR count). The highest BCUT2D eigenvalue weighted by molar-refractivity contribution is 5.87. The number of carbonyl (C=O) groups excluding carboxylic acids is 1. The number of terminal acetylenes is 1. The summed E-state index contributed by atoms with van der Waals surface area (Å²) >= 11 is 0. The Morgan fingerprint density at radius 2 is 1.65 bits per heavy atom. The number of ether oxygens (including phenoxy) is 1. The number of amides is 1. The van der Waals surface area contributed by atoms with Crippen LogP contribution in [0.3, 0.4) is 0 Å². The summed E-state index contributed by atoms with van der Waals surface area (Å²) in [4.78, 5) is 24.2. The molecule has 0 aromatic carbocycles. The van der Waals surface area contributed by atoms with Gasteiger partial charge < -0.3 is 40.7 Å². The van der Waals surface area contributed by atoms with Crippen LogP contribution in [0.5, 0.6) is 0 Å². The first kappa shape index (κ1) is 43.2. The fourth-order valence-corrected chi connectivity index (χ4v) is 5.05. The summed E-state index contributed by atoms with van der Waals surface area (Å²) in [5.74, 6) is -2.42. The van der Waals surface area contributed by atoms with E-state index < -0.39 is 59.8 Å². The standard InChI is InChI=1S/C31H53NO9.C3H6.C2H2/c1-8-21(33)13-15-23(35)28(30(39)40)19(4)10-9-11-22(34)16-27-31(6,7)26(37)17-25(41-27)20(5)32-29(38)24(36)14-12-18(2)3;1-2-3-1;1-2/h13,19-20,22,24-27,33-37H,2,8-12,14-17H2,1,3-7H3,(H,32,38)(H,39,40);1-3H2;1-2H/b21-13+,28-23-;;/t19?,20?,22-,24+,25+,26-,27-;;/m1../s1. The summed E-state index contributed by atoms with van der Waals surface area (Å²) < 4.78 is 6.29. The van der Waals surface area contributed by atoms with Gasteiger partial charge in [-0.3, -0.25) is 4.79 Å². The van der Waals surface area contributed by atoms with E-state index in [0.29, 0.717) is 38.5 Å². The van der Waals surface area contributed by atoms with E-state index in [2.05, 4.69) is 24.7 Å². The lowest BCUT2D eigenvalue weighted by Crippen LogP contribution is -2.57. The molecule has 264 valence electrons. The molecule has 7 N–H and O–H groups in total. The zero-order chi connectivity index (χ0) is 35.6. The maximum Gasteiger partial charge on any atom is 0.335 e. The molecule has 1 saturated heterocycles. The van der Waals surface area contributed by atoms with E-state index in [4.69, 9.17) is 4.74 Å². The van der Waals surface area contributed by atoms with Gasteiger partial charge in [0.1, 0.15) is 11.9 Å². The number of carboxylic acid groups (broad SMARTS) is 1. The summed E-state index contributed by atoms with van der Waals surface area (Å²) in [5.41, 5.74) is 0.112. The average molecular weight is 652 g/mol. The SMILES string of the molecule is C#C.C1CC1.C=C(C)CC[C@H](O)C(=O)NC(C)[C@@H]1C[C@@H](O)C(C)(C)[C@@H](C[C@H](O)CCCC(C)/C(C(=O)O)=C(/O)C/C=C(/O)CC)O1. The third-order valence-electron chi connectivity index (χ3n) is 8.50. The van der Waals surface area contributed by atoms with Gasteiger partial charge in [0.05, 0.1) is 41.8 Å². The van der Waals surface area contributed by atoms with Gasteiger partial charge in [-0.05, 0) is 51.5 Å². The van der Waals surface area contributed by atoms with Crippen molar-refractivity contribution in [3.8, 4) is 12.8 Å². The number of aliphatic hydroxyl groups excluding tert-OH is 5. The van der Waals surface area contributed by atoms with Crippen LogP contribution in [0.2, 0.25) is 0 Å². The summed E-state index contributed by atoms with van der Waals surface area (Å²) in [6.45, 7) is 14.6. The van der Waals surface area contributed by atoms with Crippen LogP contribution in [0, 0.1) is 24.2 Å². The molecular weight excluding hydrogens is 590 g/mol. The minimum atomic E-state index is -1.22. The highest BCUT2D eigenvalue weighted by Crippen LogP contribution is 2.40. The predicted octanol–water partition coefficient (Wildman–Crippen LogP) is 5.87. The number of hydrogen-bond donors (Lipinski definition) is 7. The van der Waals surface area contributed by atoms with Crippen LogP contribution in [0.15, 0.2) is 35.3 Å². The normalized spacial score (nSPS) is 23.5. The molecule has 0 aromatic heterocycles. The molecule has 0 radical (unpaired) electrons. The molecule has 1 aliphatic heterocycles. The number of hydrogen-bond acceptors (Lipinski definition) is 8. The fraction of sp³-hybridized carbons (Fsp3) is 0.722. The zero-order valence-corrected chi connectivity index (χ0v) is 28.9. The van der Waals surface area contributed by atoms with Crippen LogP contribution < -0.4 is 5.32 Å². The first-order chi connectivity index (χ1) is 21.5. The molecule has 2 aliphatic rings. The van der Waals surface area contributed by atoms with Crippen molar-refractivity contribution >= 4 is 11.9 Å². The van der Waals surface area contributed by atoms with Crippen molar-refractivity contribution in [2.75, 3.05) is 0 Å². The van der Waals surface area contributed by atoms with Gasteiger partial charge in [0.25, 0.3) is 0 Å². The molecule has 2 fully saturated rings.